The van der Waals surface area contributed by atoms with Gasteiger partial charge in [-0.3, -0.25) is 4.79 Å². The minimum absolute atomic E-state index is 0.0758. The predicted molar refractivity (Wildman–Crippen MR) is 66.4 cm³/mol. The number of benzene rings is 1. The van der Waals surface area contributed by atoms with E-state index in [-0.39, 0.29) is 19.0 Å². The third-order valence-electron chi connectivity index (χ3n) is 2.37. The van der Waals surface area contributed by atoms with Gasteiger partial charge in [0.2, 0.25) is 0 Å². The van der Waals surface area contributed by atoms with Crippen molar-refractivity contribution < 1.29 is 9.53 Å². The monoisotopic (exact) mass is 243 g/mol. The van der Waals surface area contributed by atoms with Gasteiger partial charge in [-0.15, -0.1) is 0 Å². The first-order valence-corrected chi connectivity index (χ1v) is 5.50. The van der Waals surface area contributed by atoms with Gasteiger partial charge in [0.25, 0.3) is 0 Å². The van der Waals surface area contributed by atoms with Crippen LogP contribution in [-0.4, -0.2) is 15.9 Å². The van der Waals surface area contributed by atoms with Gasteiger partial charge in [0, 0.05) is 18.1 Å². The van der Waals surface area contributed by atoms with E-state index in [0.29, 0.717) is 11.5 Å². The average molecular weight is 243 g/mol. The van der Waals surface area contributed by atoms with Crippen LogP contribution in [0.15, 0.2) is 42.7 Å². The number of ether oxygens (including phenoxy) is 1. The normalized spacial score (nSPS) is 10.0. The van der Waals surface area contributed by atoms with Crippen LogP contribution in [0.2, 0.25) is 0 Å². The summed E-state index contributed by atoms with van der Waals surface area (Å²) in [6.45, 7) is 0.0758. The van der Waals surface area contributed by atoms with Crippen molar-refractivity contribution in [2.24, 2.45) is 0 Å². The fourth-order valence-corrected chi connectivity index (χ4v) is 1.45. The molecule has 0 aliphatic rings. The van der Waals surface area contributed by atoms with Crippen LogP contribution in [0.25, 0.3) is 0 Å². The first-order valence-electron chi connectivity index (χ1n) is 5.50. The lowest BCUT2D eigenvalue weighted by Crippen LogP contribution is -2.10. The fourth-order valence-electron chi connectivity index (χ4n) is 1.45. The molecule has 92 valence electrons. The highest BCUT2D eigenvalue weighted by Gasteiger charge is 2.08. The first kappa shape index (κ1) is 12.0. The molecule has 1 heterocycles. The molecule has 0 amide bonds. The smallest absolute Gasteiger partial charge is 0.310 e. The molecule has 0 radical (unpaired) electrons. The molecular weight excluding hydrogens is 230 g/mol. The molecule has 1 aromatic carbocycles. The number of esters is 1. The quantitative estimate of drug-likeness (QED) is 0.647. The molecule has 5 nitrogen and oxygen atoms in total. The molecule has 0 saturated heterocycles. The zero-order valence-electron chi connectivity index (χ0n) is 9.74. The second-order valence-electron chi connectivity index (χ2n) is 3.70. The molecule has 5 heteroatoms. The van der Waals surface area contributed by atoms with Gasteiger partial charge in [0.15, 0.2) is 12.4 Å². The number of anilines is 1. The van der Waals surface area contributed by atoms with Gasteiger partial charge in [-0.1, -0.05) is 18.2 Å². The third-order valence-corrected chi connectivity index (χ3v) is 2.37. The number of hydrogen-bond donors (Lipinski definition) is 1. The number of nitrogens with zero attached hydrogens (tertiary/aromatic N) is 2. The Morgan fingerprint density at radius 1 is 1.17 bits per heavy atom. The van der Waals surface area contributed by atoms with Crippen LogP contribution in [0.3, 0.4) is 0 Å². The van der Waals surface area contributed by atoms with Crippen molar-refractivity contribution in [2.75, 3.05) is 5.73 Å². The second kappa shape index (κ2) is 5.77. The highest BCUT2D eigenvalue weighted by Crippen LogP contribution is 2.11. The summed E-state index contributed by atoms with van der Waals surface area (Å²) in [7, 11) is 0. The molecular formula is C13H13N3O2. The number of carbonyl (C=O) groups excluding carboxylic acids is 1. The summed E-state index contributed by atoms with van der Waals surface area (Å²) in [4.78, 5) is 19.5. The van der Waals surface area contributed by atoms with Crippen molar-refractivity contribution >= 4 is 11.7 Å². The van der Waals surface area contributed by atoms with Crippen LogP contribution in [0.5, 0.6) is 0 Å². The van der Waals surface area contributed by atoms with Crippen LogP contribution < -0.4 is 5.73 Å². The fraction of sp³-hybridized carbons (Fsp3) is 0.154. The molecule has 0 unspecified atom stereocenters. The topological polar surface area (TPSA) is 78.1 Å². The van der Waals surface area contributed by atoms with E-state index in [1.807, 2.05) is 12.1 Å². The number of nitrogens with two attached hydrogens (primary N) is 1. The SMILES string of the molecule is Nc1ccccc1CC(=O)OCc1ncccn1. The van der Waals surface area contributed by atoms with Crippen molar-refractivity contribution in [2.45, 2.75) is 13.0 Å². The lowest BCUT2D eigenvalue weighted by Gasteiger charge is -2.05. The summed E-state index contributed by atoms with van der Waals surface area (Å²) in [5.74, 6) is 0.132. The maximum absolute atomic E-state index is 11.6. The zero-order chi connectivity index (χ0) is 12.8. The van der Waals surface area contributed by atoms with Crippen LogP contribution in [0.1, 0.15) is 11.4 Å². The van der Waals surface area contributed by atoms with Crippen LogP contribution in [-0.2, 0) is 22.6 Å². The van der Waals surface area contributed by atoms with Crippen molar-refractivity contribution in [1.29, 1.82) is 0 Å². The number of para-hydroxylation sites is 1. The Labute approximate surface area is 105 Å². The Kier molecular flexibility index (Phi) is 3.86. The average Bonchev–Trinajstić information content (AvgIpc) is 2.40. The summed E-state index contributed by atoms with van der Waals surface area (Å²) in [6, 6.07) is 8.91. The van der Waals surface area contributed by atoms with E-state index in [1.54, 1.807) is 30.6 Å². The molecule has 0 saturated carbocycles. The van der Waals surface area contributed by atoms with Crippen molar-refractivity contribution in [3.8, 4) is 0 Å². The minimum Gasteiger partial charge on any atom is -0.457 e. The molecule has 0 bridgehead atoms. The Balaban J connectivity index is 1.88. The predicted octanol–water partition coefficient (Wildman–Crippen LogP) is 1.34. The molecule has 18 heavy (non-hydrogen) atoms. The highest BCUT2D eigenvalue weighted by molar-refractivity contribution is 5.74. The lowest BCUT2D eigenvalue weighted by molar-refractivity contribution is -0.144. The molecule has 2 rings (SSSR count). The van der Waals surface area contributed by atoms with E-state index in [9.17, 15) is 4.79 Å². The molecule has 1 aromatic heterocycles. The summed E-state index contributed by atoms with van der Waals surface area (Å²) in [6.07, 6.45) is 3.36. The Bertz CT molecular complexity index is 529. The Morgan fingerprint density at radius 3 is 2.61 bits per heavy atom. The molecule has 0 fully saturated rings. The van der Waals surface area contributed by atoms with Crippen molar-refractivity contribution in [3.63, 3.8) is 0 Å². The third kappa shape index (κ3) is 3.28. The van der Waals surface area contributed by atoms with Crippen LogP contribution >= 0.6 is 0 Å². The Morgan fingerprint density at radius 2 is 1.89 bits per heavy atom. The second-order valence-corrected chi connectivity index (χ2v) is 3.70. The van der Waals surface area contributed by atoms with Gasteiger partial charge in [-0.2, -0.15) is 0 Å². The van der Waals surface area contributed by atoms with E-state index in [0.717, 1.165) is 5.56 Å². The summed E-state index contributed by atoms with van der Waals surface area (Å²) >= 11 is 0. The lowest BCUT2D eigenvalue weighted by atomic mass is 10.1. The van der Waals surface area contributed by atoms with Crippen LogP contribution in [0.4, 0.5) is 5.69 Å². The summed E-state index contributed by atoms with van der Waals surface area (Å²) in [5.41, 5.74) is 7.09. The molecule has 0 aliphatic carbocycles. The number of aromatic nitrogens is 2. The van der Waals surface area contributed by atoms with Gasteiger partial charge in [-0.25, -0.2) is 9.97 Å². The van der Waals surface area contributed by atoms with Crippen molar-refractivity contribution in [1.82, 2.24) is 9.97 Å². The van der Waals surface area contributed by atoms with E-state index in [2.05, 4.69) is 9.97 Å². The molecule has 0 aliphatic heterocycles. The maximum Gasteiger partial charge on any atom is 0.310 e. The minimum atomic E-state index is -0.347. The molecule has 0 spiro atoms. The van der Waals surface area contributed by atoms with Crippen LogP contribution in [0, 0.1) is 0 Å². The molecule has 2 aromatic rings. The van der Waals surface area contributed by atoms with E-state index >= 15 is 0 Å². The zero-order valence-corrected chi connectivity index (χ0v) is 9.74. The van der Waals surface area contributed by atoms with Gasteiger partial charge in [-0.05, 0) is 17.7 Å². The summed E-state index contributed by atoms with van der Waals surface area (Å²) < 4.78 is 5.07. The maximum atomic E-state index is 11.6. The van der Waals surface area contributed by atoms with E-state index < -0.39 is 0 Å². The van der Waals surface area contributed by atoms with Gasteiger partial charge in [0.1, 0.15) is 0 Å². The highest BCUT2D eigenvalue weighted by atomic mass is 16.5. The first-order chi connectivity index (χ1) is 8.75. The summed E-state index contributed by atoms with van der Waals surface area (Å²) in [5, 5.41) is 0. The molecule has 0 atom stereocenters. The van der Waals surface area contributed by atoms with Crippen molar-refractivity contribution in [3.05, 3.63) is 54.1 Å². The van der Waals surface area contributed by atoms with Gasteiger partial charge < -0.3 is 10.5 Å². The van der Waals surface area contributed by atoms with Gasteiger partial charge in [0.05, 0.1) is 6.42 Å². The largest absolute Gasteiger partial charge is 0.457 e. The number of hydrogen-bond acceptors (Lipinski definition) is 5. The van der Waals surface area contributed by atoms with E-state index in [1.165, 1.54) is 0 Å². The van der Waals surface area contributed by atoms with E-state index in [4.69, 9.17) is 10.5 Å². The van der Waals surface area contributed by atoms with Gasteiger partial charge >= 0.3 is 5.97 Å². The molecule has 2 N–H and O–H groups in total. The Hall–Kier alpha value is -2.43. The number of nitrogen functional groups attached to an aromatic ring is 1. The number of carbonyl (C=O) groups is 1. The standard InChI is InChI=1S/C13H13N3O2/c14-11-5-2-1-4-10(11)8-13(17)18-9-12-15-6-3-7-16-12/h1-7H,8-9,14H2. The number of rotatable bonds is 4.